The van der Waals surface area contributed by atoms with Gasteiger partial charge in [-0.05, 0) is 36.7 Å². The number of nitrogens with zero attached hydrogens (tertiary/aromatic N) is 4. The summed E-state index contributed by atoms with van der Waals surface area (Å²) in [5, 5.41) is 13.9. The summed E-state index contributed by atoms with van der Waals surface area (Å²) in [7, 11) is 0. The standard InChI is InChI=1S/C12H15N5/c1-2-8-17(7-1)9-10-3-5-11(6-4-10)12-13-15-16-14-12/h3-6H,1-2,7-9H2,(H,13,14,15,16). The molecule has 0 aliphatic carbocycles. The first kappa shape index (κ1) is 10.4. The summed E-state index contributed by atoms with van der Waals surface area (Å²) in [5.74, 6) is 0.651. The molecule has 1 N–H and O–H groups in total. The van der Waals surface area contributed by atoms with Crippen molar-refractivity contribution < 1.29 is 0 Å². The molecule has 1 fully saturated rings. The van der Waals surface area contributed by atoms with Crippen molar-refractivity contribution in [2.24, 2.45) is 0 Å². The Hall–Kier alpha value is -1.75. The second-order valence-corrected chi connectivity index (χ2v) is 4.42. The maximum absolute atomic E-state index is 3.96. The van der Waals surface area contributed by atoms with Gasteiger partial charge >= 0.3 is 0 Å². The third-order valence-electron chi connectivity index (χ3n) is 3.16. The fourth-order valence-electron chi connectivity index (χ4n) is 2.24. The van der Waals surface area contributed by atoms with Gasteiger partial charge in [0.05, 0.1) is 0 Å². The first-order valence-corrected chi connectivity index (χ1v) is 5.97. The van der Waals surface area contributed by atoms with E-state index in [0.717, 1.165) is 12.1 Å². The van der Waals surface area contributed by atoms with Gasteiger partial charge in [-0.2, -0.15) is 5.21 Å². The van der Waals surface area contributed by atoms with E-state index in [2.05, 4.69) is 49.8 Å². The second kappa shape index (κ2) is 4.63. The largest absolute Gasteiger partial charge is 0.299 e. The molecule has 0 amide bonds. The molecule has 88 valence electrons. The maximum Gasteiger partial charge on any atom is 0.204 e. The lowest BCUT2D eigenvalue weighted by Gasteiger charge is -2.14. The Bertz CT molecular complexity index is 456. The summed E-state index contributed by atoms with van der Waals surface area (Å²) in [6.45, 7) is 3.51. The van der Waals surface area contributed by atoms with E-state index in [0.29, 0.717) is 5.82 Å². The molecule has 0 unspecified atom stereocenters. The van der Waals surface area contributed by atoms with Crippen molar-refractivity contribution in [3.8, 4) is 11.4 Å². The van der Waals surface area contributed by atoms with Crippen LogP contribution in [0.4, 0.5) is 0 Å². The zero-order valence-electron chi connectivity index (χ0n) is 9.63. The van der Waals surface area contributed by atoms with Gasteiger partial charge in [0.15, 0.2) is 0 Å². The minimum absolute atomic E-state index is 0.651. The molecule has 5 heteroatoms. The zero-order valence-corrected chi connectivity index (χ0v) is 9.63. The number of likely N-dealkylation sites (tertiary alicyclic amines) is 1. The van der Waals surface area contributed by atoms with Crippen LogP contribution in [0.25, 0.3) is 11.4 Å². The number of tetrazole rings is 1. The summed E-state index contributed by atoms with van der Waals surface area (Å²) in [6.07, 6.45) is 2.67. The topological polar surface area (TPSA) is 57.7 Å². The Labute approximate surface area is 99.8 Å². The Morgan fingerprint density at radius 2 is 1.88 bits per heavy atom. The van der Waals surface area contributed by atoms with Gasteiger partial charge in [-0.15, -0.1) is 10.2 Å². The quantitative estimate of drug-likeness (QED) is 0.865. The van der Waals surface area contributed by atoms with E-state index in [1.807, 2.05) is 0 Å². The number of benzene rings is 1. The first-order chi connectivity index (χ1) is 8.42. The molecule has 5 nitrogen and oxygen atoms in total. The van der Waals surface area contributed by atoms with Gasteiger partial charge in [-0.1, -0.05) is 24.3 Å². The molecule has 1 saturated heterocycles. The fraction of sp³-hybridized carbons (Fsp3) is 0.417. The lowest BCUT2D eigenvalue weighted by molar-refractivity contribution is 0.331. The second-order valence-electron chi connectivity index (χ2n) is 4.42. The molecule has 1 aromatic heterocycles. The molecule has 0 saturated carbocycles. The van der Waals surface area contributed by atoms with E-state index < -0.39 is 0 Å². The van der Waals surface area contributed by atoms with Crippen molar-refractivity contribution >= 4 is 0 Å². The molecule has 1 aliphatic rings. The highest BCUT2D eigenvalue weighted by Crippen LogP contribution is 2.17. The fourth-order valence-corrected chi connectivity index (χ4v) is 2.24. The van der Waals surface area contributed by atoms with Gasteiger partial charge in [0, 0.05) is 12.1 Å². The molecule has 0 atom stereocenters. The Balaban J connectivity index is 1.71. The minimum atomic E-state index is 0.651. The number of H-pyrrole nitrogens is 1. The molecule has 0 spiro atoms. The average molecular weight is 229 g/mol. The lowest BCUT2D eigenvalue weighted by Crippen LogP contribution is -2.18. The summed E-state index contributed by atoms with van der Waals surface area (Å²) in [6, 6.07) is 8.39. The van der Waals surface area contributed by atoms with Crippen LogP contribution in [0.15, 0.2) is 24.3 Å². The number of aromatic amines is 1. The molecule has 1 aromatic carbocycles. The van der Waals surface area contributed by atoms with Gasteiger partial charge in [0.2, 0.25) is 5.82 Å². The molecule has 0 bridgehead atoms. The van der Waals surface area contributed by atoms with Crippen LogP contribution < -0.4 is 0 Å². The van der Waals surface area contributed by atoms with E-state index in [9.17, 15) is 0 Å². The number of aromatic nitrogens is 4. The van der Waals surface area contributed by atoms with Crippen LogP contribution in [-0.4, -0.2) is 38.6 Å². The van der Waals surface area contributed by atoms with Crippen molar-refractivity contribution in [1.82, 2.24) is 25.5 Å². The summed E-state index contributed by atoms with van der Waals surface area (Å²) < 4.78 is 0. The van der Waals surface area contributed by atoms with Crippen LogP contribution in [0.5, 0.6) is 0 Å². The van der Waals surface area contributed by atoms with Crippen LogP contribution in [-0.2, 0) is 6.54 Å². The van der Waals surface area contributed by atoms with Crippen molar-refractivity contribution in [1.29, 1.82) is 0 Å². The lowest BCUT2D eigenvalue weighted by atomic mass is 10.1. The van der Waals surface area contributed by atoms with Gasteiger partial charge < -0.3 is 0 Å². The van der Waals surface area contributed by atoms with Gasteiger partial charge in [-0.3, -0.25) is 4.90 Å². The van der Waals surface area contributed by atoms with Gasteiger partial charge in [0.1, 0.15) is 0 Å². The number of hydrogen-bond donors (Lipinski definition) is 1. The third kappa shape index (κ3) is 2.34. The number of hydrogen-bond acceptors (Lipinski definition) is 4. The molecule has 17 heavy (non-hydrogen) atoms. The predicted molar refractivity (Wildman–Crippen MR) is 64.1 cm³/mol. The molecule has 1 aliphatic heterocycles. The summed E-state index contributed by atoms with van der Waals surface area (Å²) in [4.78, 5) is 2.49. The van der Waals surface area contributed by atoms with E-state index in [1.54, 1.807) is 0 Å². The summed E-state index contributed by atoms with van der Waals surface area (Å²) >= 11 is 0. The van der Waals surface area contributed by atoms with E-state index in [4.69, 9.17) is 0 Å². The SMILES string of the molecule is c1cc(-c2nn[nH]n2)ccc1CN1CCCC1. The van der Waals surface area contributed by atoms with E-state index in [1.165, 1.54) is 31.5 Å². The van der Waals surface area contributed by atoms with Gasteiger partial charge in [0.25, 0.3) is 0 Å². The smallest absolute Gasteiger partial charge is 0.204 e. The van der Waals surface area contributed by atoms with Crippen LogP contribution in [0.2, 0.25) is 0 Å². The number of rotatable bonds is 3. The van der Waals surface area contributed by atoms with Gasteiger partial charge in [-0.25, -0.2) is 0 Å². The Morgan fingerprint density at radius 3 is 2.53 bits per heavy atom. The highest BCUT2D eigenvalue weighted by atomic mass is 15.5. The highest BCUT2D eigenvalue weighted by Gasteiger charge is 2.11. The third-order valence-corrected chi connectivity index (χ3v) is 3.16. The summed E-state index contributed by atoms with van der Waals surface area (Å²) in [5.41, 5.74) is 2.35. The molecular formula is C12H15N5. The minimum Gasteiger partial charge on any atom is -0.299 e. The molecule has 3 rings (SSSR count). The normalized spacial score (nSPS) is 16.5. The molecule has 0 radical (unpaired) electrons. The van der Waals surface area contributed by atoms with Crippen LogP contribution in [0.3, 0.4) is 0 Å². The first-order valence-electron chi connectivity index (χ1n) is 5.97. The van der Waals surface area contributed by atoms with E-state index in [-0.39, 0.29) is 0 Å². The van der Waals surface area contributed by atoms with Crippen LogP contribution >= 0.6 is 0 Å². The Kier molecular flexibility index (Phi) is 2.83. The van der Waals surface area contributed by atoms with Crippen molar-refractivity contribution in [3.63, 3.8) is 0 Å². The van der Waals surface area contributed by atoms with Crippen molar-refractivity contribution in [2.45, 2.75) is 19.4 Å². The van der Waals surface area contributed by atoms with Crippen molar-refractivity contribution in [2.75, 3.05) is 13.1 Å². The van der Waals surface area contributed by atoms with E-state index >= 15 is 0 Å². The average Bonchev–Trinajstić information content (AvgIpc) is 3.01. The van der Waals surface area contributed by atoms with Crippen molar-refractivity contribution in [3.05, 3.63) is 29.8 Å². The molecule has 2 heterocycles. The zero-order chi connectivity index (χ0) is 11.5. The predicted octanol–water partition coefficient (Wildman–Crippen LogP) is 1.46. The Morgan fingerprint density at radius 1 is 1.12 bits per heavy atom. The highest BCUT2D eigenvalue weighted by molar-refractivity contribution is 5.54. The molecular weight excluding hydrogens is 214 g/mol. The monoisotopic (exact) mass is 229 g/mol. The van der Waals surface area contributed by atoms with Crippen LogP contribution in [0, 0.1) is 0 Å². The number of nitrogens with one attached hydrogen (secondary N) is 1. The maximum atomic E-state index is 3.96. The van der Waals surface area contributed by atoms with Crippen LogP contribution in [0.1, 0.15) is 18.4 Å². The molecule has 2 aromatic rings.